The second-order valence-electron chi connectivity index (χ2n) is 3.27. The van der Waals surface area contributed by atoms with Gasteiger partial charge in [0.05, 0.1) is 10.6 Å². The molecule has 1 aliphatic rings. The molecular formula is C10H5ClN2O4. The fourth-order valence-electron chi connectivity index (χ4n) is 1.45. The SMILES string of the molecule is O=C1C=CC(=O)N1c1cc(Cl)cc([N+](=O)[O-])c1. The minimum absolute atomic E-state index is 0.0849. The summed E-state index contributed by atoms with van der Waals surface area (Å²) in [5.74, 6) is -1.10. The summed E-state index contributed by atoms with van der Waals surface area (Å²) in [6, 6.07) is 3.58. The van der Waals surface area contributed by atoms with E-state index in [1.807, 2.05) is 0 Å². The van der Waals surface area contributed by atoms with Gasteiger partial charge in [0.2, 0.25) is 0 Å². The van der Waals surface area contributed by atoms with Crippen molar-refractivity contribution < 1.29 is 14.5 Å². The van der Waals surface area contributed by atoms with Crippen LogP contribution in [-0.2, 0) is 9.59 Å². The molecule has 0 atom stereocenters. The van der Waals surface area contributed by atoms with Gasteiger partial charge < -0.3 is 0 Å². The first kappa shape index (κ1) is 11.3. The van der Waals surface area contributed by atoms with E-state index in [-0.39, 0.29) is 16.4 Å². The number of nitro groups is 1. The van der Waals surface area contributed by atoms with Crippen LogP contribution in [0.15, 0.2) is 30.4 Å². The summed E-state index contributed by atoms with van der Waals surface area (Å²) >= 11 is 5.69. The lowest BCUT2D eigenvalue weighted by atomic mass is 10.2. The van der Waals surface area contributed by atoms with Crippen LogP contribution in [0.5, 0.6) is 0 Å². The van der Waals surface area contributed by atoms with Gasteiger partial charge in [0.15, 0.2) is 0 Å². The van der Waals surface area contributed by atoms with Gasteiger partial charge in [-0.05, 0) is 6.07 Å². The molecule has 0 N–H and O–H groups in total. The summed E-state index contributed by atoms with van der Waals surface area (Å²) in [6.45, 7) is 0. The molecule has 0 aromatic heterocycles. The highest BCUT2D eigenvalue weighted by molar-refractivity contribution is 6.32. The van der Waals surface area contributed by atoms with Crippen molar-refractivity contribution >= 4 is 34.8 Å². The number of non-ortho nitro benzene ring substituents is 1. The lowest BCUT2D eigenvalue weighted by Gasteiger charge is -2.13. The topological polar surface area (TPSA) is 80.5 Å². The summed E-state index contributed by atoms with van der Waals surface area (Å²) in [5, 5.41) is 10.7. The Morgan fingerprint density at radius 3 is 2.24 bits per heavy atom. The molecule has 1 aromatic rings. The molecule has 1 aliphatic heterocycles. The Hall–Kier alpha value is -2.21. The third-order valence-electron chi connectivity index (χ3n) is 2.15. The fraction of sp³-hybridized carbons (Fsp3) is 0. The summed E-state index contributed by atoms with van der Waals surface area (Å²) < 4.78 is 0. The van der Waals surface area contributed by atoms with E-state index in [1.165, 1.54) is 6.07 Å². The van der Waals surface area contributed by atoms with Crippen molar-refractivity contribution in [3.05, 3.63) is 45.5 Å². The highest BCUT2D eigenvalue weighted by atomic mass is 35.5. The molecule has 7 heteroatoms. The van der Waals surface area contributed by atoms with Gasteiger partial charge in [0.25, 0.3) is 17.5 Å². The first-order valence-corrected chi connectivity index (χ1v) is 4.88. The Labute approximate surface area is 100 Å². The molecule has 0 saturated carbocycles. The second-order valence-corrected chi connectivity index (χ2v) is 3.71. The quantitative estimate of drug-likeness (QED) is 0.456. The van der Waals surface area contributed by atoms with E-state index in [0.29, 0.717) is 0 Å². The maximum absolute atomic E-state index is 11.4. The molecule has 0 aliphatic carbocycles. The molecule has 17 heavy (non-hydrogen) atoms. The molecule has 1 heterocycles. The van der Waals surface area contributed by atoms with Crippen molar-refractivity contribution in [2.45, 2.75) is 0 Å². The van der Waals surface area contributed by atoms with Crippen LogP contribution in [-0.4, -0.2) is 16.7 Å². The van der Waals surface area contributed by atoms with Gasteiger partial charge in [0, 0.05) is 29.3 Å². The zero-order valence-corrected chi connectivity index (χ0v) is 9.05. The third kappa shape index (κ3) is 2.02. The molecule has 86 valence electrons. The fourth-order valence-corrected chi connectivity index (χ4v) is 1.67. The Morgan fingerprint density at radius 2 is 1.71 bits per heavy atom. The standard InChI is InChI=1S/C10H5ClN2O4/c11-6-3-7(5-8(4-6)13(16)17)12-9(14)1-2-10(12)15/h1-5H. The van der Waals surface area contributed by atoms with E-state index in [0.717, 1.165) is 29.2 Å². The molecule has 2 amide bonds. The number of nitro benzene ring substituents is 1. The number of benzene rings is 1. The van der Waals surface area contributed by atoms with Crippen LogP contribution in [0, 0.1) is 10.1 Å². The number of amides is 2. The molecule has 0 fully saturated rings. The van der Waals surface area contributed by atoms with Gasteiger partial charge in [0.1, 0.15) is 0 Å². The molecular weight excluding hydrogens is 248 g/mol. The molecule has 0 spiro atoms. The van der Waals surface area contributed by atoms with Crippen molar-refractivity contribution in [3.63, 3.8) is 0 Å². The number of imide groups is 1. The summed E-state index contributed by atoms with van der Waals surface area (Å²) in [5.41, 5.74) is -0.191. The van der Waals surface area contributed by atoms with Crippen molar-refractivity contribution in [2.75, 3.05) is 4.90 Å². The summed E-state index contributed by atoms with van der Waals surface area (Å²) in [7, 11) is 0. The summed E-state index contributed by atoms with van der Waals surface area (Å²) in [6.07, 6.45) is 2.18. The van der Waals surface area contributed by atoms with Gasteiger partial charge in [-0.2, -0.15) is 0 Å². The molecule has 0 unspecified atom stereocenters. The van der Waals surface area contributed by atoms with Crippen molar-refractivity contribution in [3.8, 4) is 0 Å². The smallest absolute Gasteiger partial charge is 0.269 e. The van der Waals surface area contributed by atoms with E-state index < -0.39 is 16.7 Å². The second kappa shape index (κ2) is 3.99. The molecule has 6 nitrogen and oxygen atoms in total. The summed E-state index contributed by atoms with van der Waals surface area (Å²) in [4.78, 5) is 33.6. The molecule has 0 bridgehead atoms. The average molecular weight is 253 g/mol. The normalized spacial score (nSPS) is 14.5. The number of nitrogens with zero attached hydrogens (tertiary/aromatic N) is 2. The van der Waals surface area contributed by atoms with Gasteiger partial charge in [-0.1, -0.05) is 11.6 Å². The predicted octanol–water partition coefficient (Wildman–Crippen LogP) is 1.68. The number of carbonyl (C=O) groups is 2. The van der Waals surface area contributed by atoms with Crippen molar-refractivity contribution in [1.29, 1.82) is 0 Å². The van der Waals surface area contributed by atoms with Gasteiger partial charge in [-0.25, -0.2) is 4.90 Å². The lowest BCUT2D eigenvalue weighted by molar-refractivity contribution is -0.384. The molecule has 0 radical (unpaired) electrons. The van der Waals surface area contributed by atoms with Crippen LogP contribution in [0.4, 0.5) is 11.4 Å². The number of carbonyl (C=O) groups excluding carboxylic acids is 2. The Morgan fingerprint density at radius 1 is 1.12 bits per heavy atom. The van der Waals surface area contributed by atoms with Crippen LogP contribution >= 0.6 is 11.6 Å². The maximum Gasteiger partial charge on any atom is 0.273 e. The number of hydrogen-bond acceptors (Lipinski definition) is 4. The molecule has 2 rings (SSSR count). The van der Waals surface area contributed by atoms with Gasteiger partial charge >= 0.3 is 0 Å². The Balaban J connectivity index is 2.49. The van der Waals surface area contributed by atoms with Crippen LogP contribution in [0.25, 0.3) is 0 Å². The Bertz CT molecular complexity index is 549. The predicted molar refractivity (Wildman–Crippen MR) is 59.7 cm³/mol. The highest BCUT2D eigenvalue weighted by Crippen LogP contribution is 2.28. The van der Waals surface area contributed by atoms with Crippen molar-refractivity contribution in [2.24, 2.45) is 0 Å². The van der Waals surface area contributed by atoms with Crippen LogP contribution in [0.2, 0.25) is 5.02 Å². The molecule has 0 saturated heterocycles. The first-order valence-electron chi connectivity index (χ1n) is 4.50. The van der Waals surface area contributed by atoms with Crippen molar-refractivity contribution in [1.82, 2.24) is 0 Å². The zero-order valence-electron chi connectivity index (χ0n) is 8.29. The average Bonchev–Trinajstić information content (AvgIpc) is 2.57. The first-order chi connectivity index (χ1) is 7.99. The highest BCUT2D eigenvalue weighted by Gasteiger charge is 2.26. The third-order valence-corrected chi connectivity index (χ3v) is 2.36. The number of hydrogen-bond donors (Lipinski definition) is 0. The number of rotatable bonds is 2. The van der Waals surface area contributed by atoms with Gasteiger partial charge in [-0.3, -0.25) is 19.7 Å². The largest absolute Gasteiger partial charge is 0.273 e. The lowest BCUT2D eigenvalue weighted by Crippen LogP contribution is -2.29. The minimum Gasteiger partial charge on any atom is -0.269 e. The monoisotopic (exact) mass is 252 g/mol. The maximum atomic E-state index is 11.4. The Kier molecular flexibility index (Phi) is 2.64. The van der Waals surface area contributed by atoms with E-state index in [9.17, 15) is 19.7 Å². The van der Waals surface area contributed by atoms with E-state index in [1.54, 1.807) is 0 Å². The van der Waals surface area contributed by atoms with E-state index in [2.05, 4.69) is 0 Å². The van der Waals surface area contributed by atoms with Crippen LogP contribution < -0.4 is 4.90 Å². The van der Waals surface area contributed by atoms with Gasteiger partial charge in [-0.15, -0.1) is 0 Å². The van der Waals surface area contributed by atoms with E-state index >= 15 is 0 Å². The van der Waals surface area contributed by atoms with Crippen LogP contribution in [0.3, 0.4) is 0 Å². The zero-order chi connectivity index (χ0) is 12.6. The number of halogens is 1. The van der Waals surface area contributed by atoms with Crippen LogP contribution in [0.1, 0.15) is 0 Å². The van der Waals surface area contributed by atoms with E-state index in [4.69, 9.17) is 11.6 Å². The molecule has 1 aromatic carbocycles. The number of anilines is 1. The minimum atomic E-state index is -0.645.